The van der Waals surface area contributed by atoms with Crippen LogP contribution in [0.4, 0.5) is 0 Å². The van der Waals surface area contributed by atoms with Crippen molar-refractivity contribution < 1.29 is 0 Å². The molecule has 1 saturated carbocycles. The predicted octanol–water partition coefficient (Wildman–Crippen LogP) is 2.14. The summed E-state index contributed by atoms with van der Waals surface area (Å²) in [6.07, 6.45) is 7.29. The Morgan fingerprint density at radius 2 is 2.40 bits per heavy atom. The average molecular weight is 205 g/mol. The SMILES string of the molecule is CC1(C)CCC(NCc2ccncn2)C1. The van der Waals surface area contributed by atoms with Gasteiger partial charge in [0, 0.05) is 18.8 Å². The molecule has 1 unspecified atom stereocenters. The Kier molecular flexibility index (Phi) is 3.00. The van der Waals surface area contributed by atoms with Crippen molar-refractivity contribution in [2.24, 2.45) is 5.41 Å². The fourth-order valence-corrected chi connectivity index (χ4v) is 2.28. The molecular formula is C12H19N3. The van der Waals surface area contributed by atoms with E-state index in [1.54, 1.807) is 12.5 Å². The molecule has 1 aromatic rings. The second-order valence-electron chi connectivity index (χ2n) is 5.19. The Bertz CT molecular complexity index is 308. The lowest BCUT2D eigenvalue weighted by atomic mass is 9.92. The van der Waals surface area contributed by atoms with Gasteiger partial charge in [0.15, 0.2) is 0 Å². The van der Waals surface area contributed by atoms with E-state index in [1.807, 2.05) is 6.07 Å². The van der Waals surface area contributed by atoms with Crippen molar-refractivity contribution in [2.75, 3.05) is 0 Å². The summed E-state index contributed by atoms with van der Waals surface area (Å²) in [6, 6.07) is 2.63. The summed E-state index contributed by atoms with van der Waals surface area (Å²) in [7, 11) is 0. The van der Waals surface area contributed by atoms with Gasteiger partial charge < -0.3 is 5.32 Å². The fraction of sp³-hybridized carbons (Fsp3) is 0.667. The van der Waals surface area contributed by atoms with Gasteiger partial charge in [-0.2, -0.15) is 0 Å². The van der Waals surface area contributed by atoms with Crippen LogP contribution in [0.25, 0.3) is 0 Å². The third kappa shape index (κ3) is 2.99. The molecule has 1 atom stereocenters. The first-order chi connectivity index (χ1) is 7.16. The number of nitrogens with zero attached hydrogens (tertiary/aromatic N) is 2. The first-order valence-electron chi connectivity index (χ1n) is 5.64. The highest BCUT2D eigenvalue weighted by atomic mass is 14.9. The second kappa shape index (κ2) is 4.27. The second-order valence-corrected chi connectivity index (χ2v) is 5.19. The third-order valence-corrected chi connectivity index (χ3v) is 3.18. The summed E-state index contributed by atoms with van der Waals surface area (Å²) in [5.74, 6) is 0. The third-order valence-electron chi connectivity index (χ3n) is 3.18. The van der Waals surface area contributed by atoms with E-state index in [-0.39, 0.29) is 0 Å². The summed E-state index contributed by atoms with van der Waals surface area (Å²) in [4.78, 5) is 8.11. The van der Waals surface area contributed by atoms with Gasteiger partial charge in [-0.05, 0) is 30.7 Å². The van der Waals surface area contributed by atoms with Crippen molar-refractivity contribution in [3.05, 3.63) is 24.3 Å². The molecule has 82 valence electrons. The minimum absolute atomic E-state index is 0.517. The van der Waals surface area contributed by atoms with Crippen LogP contribution < -0.4 is 5.32 Å². The molecule has 0 bridgehead atoms. The van der Waals surface area contributed by atoms with Crippen LogP contribution in [0.3, 0.4) is 0 Å². The van der Waals surface area contributed by atoms with Crippen molar-refractivity contribution >= 4 is 0 Å². The van der Waals surface area contributed by atoms with Gasteiger partial charge in [-0.15, -0.1) is 0 Å². The number of hydrogen-bond acceptors (Lipinski definition) is 3. The van der Waals surface area contributed by atoms with Crippen LogP contribution in [0, 0.1) is 5.41 Å². The van der Waals surface area contributed by atoms with Crippen LogP contribution >= 0.6 is 0 Å². The molecule has 0 aliphatic heterocycles. The summed E-state index contributed by atoms with van der Waals surface area (Å²) in [5.41, 5.74) is 1.60. The predicted molar refractivity (Wildman–Crippen MR) is 60.3 cm³/mol. The molecule has 1 aliphatic rings. The number of rotatable bonds is 3. The fourth-order valence-electron chi connectivity index (χ4n) is 2.28. The van der Waals surface area contributed by atoms with Crippen LogP contribution in [-0.4, -0.2) is 16.0 Å². The molecule has 2 rings (SSSR count). The molecule has 1 heterocycles. The number of aromatic nitrogens is 2. The molecule has 0 saturated heterocycles. The maximum absolute atomic E-state index is 4.20. The molecule has 1 aliphatic carbocycles. The number of hydrogen-bond donors (Lipinski definition) is 1. The first-order valence-corrected chi connectivity index (χ1v) is 5.64. The Labute approximate surface area is 91.3 Å². The monoisotopic (exact) mass is 205 g/mol. The molecule has 0 radical (unpaired) electrons. The standard InChI is InChI=1S/C12H19N3/c1-12(2)5-3-10(7-12)14-8-11-4-6-13-9-15-11/h4,6,9-10,14H,3,5,7-8H2,1-2H3. The molecule has 1 fully saturated rings. The first kappa shape index (κ1) is 10.6. The van der Waals surface area contributed by atoms with E-state index >= 15 is 0 Å². The van der Waals surface area contributed by atoms with E-state index in [9.17, 15) is 0 Å². The number of nitrogens with one attached hydrogen (secondary N) is 1. The molecule has 0 amide bonds. The van der Waals surface area contributed by atoms with Gasteiger partial charge in [0.25, 0.3) is 0 Å². The normalized spacial score (nSPS) is 24.3. The Balaban J connectivity index is 1.80. The highest BCUT2D eigenvalue weighted by Gasteiger charge is 2.30. The van der Waals surface area contributed by atoms with Crippen LogP contribution in [0.15, 0.2) is 18.6 Å². The van der Waals surface area contributed by atoms with Crippen LogP contribution in [-0.2, 0) is 6.54 Å². The van der Waals surface area contributed by atoms with E-state index < -0.39 is 0 Å². The molecule has 0 aromatic carbocycles. The average Bonchev–Trinajstić information content (AvgIpc) is 2.57. The van der Waals surface area contributed by atoms with E-state index in [1.165, 1.54) is 19.3 Å². The van der Waals surface area contributed by atoms with Crippen molar-refractivity contribution in [3.8, 4) is 0 Å². The highest BCUT2D eigenvalue weighted by Crippen LogP contribution is 2.36. The van der Waals surface area contributed by atoms with E-state index in [0.29, 0.717) is 11.5 Å². The maximum atomic E-state index is 4.20. The van der Waals surface area contributed by atoms with Crippen molar-refractivity contribution in [3.63, 3.8) is 0 Å². The molecular weight excluding hydrogens is 186 g/mol. The topological polar surface area (TPSA) is 37.8 Å². The van der Waals surface area contributed by atoms with Gasteiger partial charge in [-0.3, -0.25) is 0 Å². The highest BCUT2D eigenvalue weighted by molar-refractivity contribution is 4.98. The Morgan fingerprint density at radius 3 is 3.00 bits per heavy atom. The van der Waals surface area contributed by atoms with E-state index in [0.717, 1.165) is 12.2 Å². The molecule has 1 N–H and O–H groups in total. The lowest BCUT2D eigenvalue weighted by Crippen LogP contribution is -2.27. The lowest BCUT2D eigenvalue weighted by molar-refractivity contribution is 0.364. The minimum Gasteiger partial charge on any atom is -0.308 e. The van der Waals surface area contributed by atoms with Gasteiger partial charge >= 0.3 is 0 Å². The van der Waals surface area contributed by atoms with Crippen LogP contribution in [0.5, 0.6) is 0 Å². The van der Waals surface area contributed by atoms with E-state index in [4.69, 9.17) is 0 Å². The summed E-state index contributed by atoms with van der Waals surface area (Å²) < 4.78 is 0. The van der Waals surface area contributed by atoms with Gasteiger partial charge in [0.1, 0.15) is 6.33 Å². The molecule has 3 nitrogen and oxygen atoms in total. The molecule has 3 heteroatoms. The van der Waals surface area contributed by atoms with E-state index in [2.05, 4.69) is 29.1 Å². The Hall–Kier alpha value is -0.960. The quantitative estimate of drug-likeness (QED) is 0.821. The lowest BCUT2D eigenvalue weighted by Gasteiger charge is -2.17. The molecule has 0 spiro atoms. The van der Waals surface area contributed by atoms with Gasteiger partial charge in [-0.25, -0.2) is 9.97 Å². The summed E-state index contributed by atoms with van der Waals surface area (Å²) in [5, 5.41) is 3.56. The van der Waals surface area contributed by atoms with Crippen LogP contribution in [0.2, 0.25) is 0 Å². The molecule has 1 aromatic heterocycles. The van der Waals surface area contributed by atoms with Gasteiger partial charge in [0.2, 0.25) is 0 Å². The largest absolute Gasteiger partial charge is 0.308 e. The Morgan fingerprint density at radius 1 is 1.53 bits per heavy atom. The van der Waals surface area contributed by atoms with Crippen molar-refractivity contribution in [1.29, 1.82) is 0 Å². The molecule has 15 heavy (non-hydrogen) atoms. The summed E-state index contributed by atoms with van der Waals surface area (Å²) in [6.45, 7) is 5.56. The van der Waals surface area contributed by atoms with Gasteiger partial charge in [0.05, 0.1) is 5.69 Å². The zero-order chi connectivity index (χ0) is 10.7. The zero-order valence-corrected chi connectivity index (χ0v) is 9.53. The minimum atomic E-state index is 0.517. The van der Waals surface area contributed by atoms with Crippen LogP contribution in [0.1, 0.15) is 38.8 Å². The smallest absolute Gasteiger partial charge is 0.115 e. The zero-order valence-electron chi connectivity index (χ0n) is 9.53. The van der Waals surface area contributed by atoms with Crippen molar-refractivity contribution in [2.45, 2.75) is 45.7 Å². The van der Waals surface area contributed by atoms with Gasteiger partial charge in [-0.1, -0.05) is 13.8 Å². The maximum Gasteiger partial charge on any atom is 0.115 e. The van der Waals surface area contributed by atoms with Crippen molar-refractivity contribution in [1.82, 2.24) is 15.3 Å². The summed E-state index contributed by atoms with van der Waals surface area (Å²) >= 11 is 0.